The number of benzene rings is 2. The summed E-state index contributed by atoms with van der Waals surface area (Å²) in [6, 6.07) is 19.0. The highest BCUT2D eigenvalue weighted by atomic mass is 16.5. The molecule has 1 atom stereocenters. The van der Waals surface area contributed by atoms with Gasteiger partial charge in [-0.1, -0.05) is 68.1 Å². The third kappa shape index (κ3) is 6.62. The van der Waals surface area contributed by atoms with Gasteiger partial charge in [0.1, 0.15) is 5.76 Å². The average Bonchev–Trinajstić information content (AvgIpc) is 2.62. The molecule has 0 heterocycles. The molecule has 0 aromatic heterocycles. The van der Waals surface area contributed by atoms with Crippen LogP contribution in [0.5, 0.6) is 0 Å². The Morgan fingerprint density at radius 1 is 1.04 bits per heavy atom. The van der Waals surface area contributed by atoms with Crippen molar-refractivity contribution in [2.24, 2.45) is 5.92 Å². The van der Waals surface area contributed by atoms with Crippen molar-refractivity contribution in [3.63, 3.8) is 0 Å². The Morgan fingerprint density at radius 2 is 1.72 bits per heavy atom. The molecule has 2 aromatic carbocycles. The highest BCUT2D eigenvalue weighted by Gasteiger charge is 2.05. The van der Waals surface area contributed by atoms with Crippen molar-refractivity contribution in [3.05, 3.63) is 89.2 Å². The number of rotatable bonds is 9. The summed E-state index contributed by atoms with van der Waals surface area (Å²) in [6.07, 6.45) is 5.53. The summed E-state index contributed by atoms with van der Waals surface area (Å²) < 4.78 is 5.88. The number of aryl methyl sites for hydroxylation is 2. The normalized spacial score (nSPS) is 12.7. The Bertz CT molecular complexity index is 697. The Balaban J connectivity index is 1.73. The molecular formula is C24H30O. The van der Waals surface area contributed by atoms with E-state index in [0.717, 1.165) is 30.8 Å². The van der Waals surface area contributed by atoms with E-state index >= 15 is 0 Å². The minimum absolute atomic E-state index is 0.647. The molecule has 0 amide bonds. The van der Waals surface area contributed by atoms with E-state index in [1.807, 2.05) is 0 Å². The first-order chi connectivity index (χ1) is 12.1. The van der Waals surface area contributed by atoms with Gasteiger partial charge >= 0.3 is 0 Å². The van der Waals surface area contributed by atoms with Gasteiger partial charge in [-0.2, -0.15) is 0 Å². The van der Waals surface area contributed by atoms with Crippen LogP contribution in [0.25, 0.3) is 6.08 Å². The van der Waals surface area contributed by atoms with Gasteiger partial charge in [0, 0.05) is 0 Å². The van der Waals surface area contributed by atoms with Crippen LogP contribution in [0.1, 0.15) is 43.4 Å². The molecule has 0 N–H and O–H groups in total. The number of ether oxygens (including phenoxy) is 1. The predicted molar refractivity (Wildman–Crippen MR) is 108 cm³/mol. The lowest BCUT2D eigenvalue weighted by molar-refractivity contribution is 0.199. The second kappa shape index (κ2) is 9.88. The first-order valence-corrected chi connectivity index (χ1v) is 9.16. The highest BCUT2D eigenvalue weighted by molar-refractivity contribution is 5.59. The Morgan fingerprint density at radius 3 is 2.44 bits per heavy atom. The summed E-state index contributed by atoms with van der Waals surface area (Å²) in [5.41, 5.74) is 4.99. The third-order valence-corrected chi connectivity index (χ3v) is 4.66. The van der Waals surface area contributed by atoms with E-state index in [1.165, 1.54) is 23.1 Å². The van der Waals surface area contributed by atoms with E-state index in [0.29, 0.717) is 5.92 Å². The molecule has 0 saturated heterocycles. The molecule has 0 aliphatic carbocycles. The Hall–Kier alpha value is -2.28. The van der Waals surface area contributed by atoms with E-state index in [4.69, 9.17) is 4.74 Å². The molecule has 25 heavy (non-hydrogen) atoms. The molecule has 0 radical (unpaired) electrons. The molecule has 0 aliphatic rings. The van der Waals surface area contributed by atoms with E-state index < -0.39 is 0 Å². The van der Waals surface area contributed by atoms with E-state index in [2.05, 4.69) is 88.0 Å². The van der Waals surface area contributed by atoms with Gasteiger partial charge in [-0.25, -0.2) is 0 Å². The van der Waals surface area contributed by atoms with Gasteiger partial charge in [-0.05, 0) is 67.4 Å². The minimum atomic E-state index is 0.647. The highest BCUT2D eigenvalue weighted by Crippen LogP contribution is 2.18. The lowest BCUT2D eigenvalue weighted by Gasteiger charge is -2.14. The van der Waals surface area contributed by atoms with Crippen LogP contribution >= 0.6 is 0 Å². The second-order valence-electron chi connectivity index (χ2n) is 6.87. The van der Waals surface area contributed by atoms with Gasteiger partial charge in [0.05, 0.1) is 6.61 Å². The van der Waals surface area contributed by atoms with Gasteiger partial charge in [0.2, 0.25) is 0 Å². The quantitative estimate of drug-likeness (QED) is 0.371. The fraction of sp³-hybridized carbons (Fsp3) is 0.333. The monoisotopic (exact) mass is 334 g/mol. The molecule has 0 fully saturated rings. The summed E-state index contributed by atoms with van der Waals surface area (Å²) in [5.74, 6) is 1.42. The van der Waals surface area contributed by atoms with E-state index in [-0.39, 0.29) is 0 Å². The van der Waals surface area contributed by atoms with Crippen molar-refractivity contribution in [1.82, 2.24) is 0 Å². The van der Waals surface area contributed by atoms with Crippen molar-refractivity contribution in [2.45, 2.75) is 40.0 Å². The summed E-state index contributed by atoms with van der Waals surface area (Å²) in [7, 11) is 0. The maximum Gasteiger partial charge on any atom is 0.115 e. The van der Waals surface area contributed by atoms with Crippen LogP contribution in [0.4, 0.5) is 0 Å². The van der Waals surface area contributed by atoms with Gasteiger partial charge in [-0.15, -0.1) is 0 Å². The van der Waals surface area contributed by atoms with Crippen LogP contribution in [0.2, 0.25) is 0 Å². The zero-order valence-corrected chi connectivity index (χ0v) is 15.8. The fourth-order valence-electron chi connectivity index (χ4n) is 2.76. The summed E-state index contributed by atoms with van der Waals surface area (Å²) >= 11 is 0. The SMILES string of the molecule is C=C(OCCC(C)CCc1ccccc1)/C(C)=C/c1ccccc1C. The molecule has 0 bridgehead atoms. The Kier molecular flexibility index (Phi) is 7.53. The smallest absolute Gasteiger partial charge is 0.115 e. The third-order valence-electron chi connectivity index (χ3n) is 4.66. The zero-order valence-electron chi connectivity index (χ0n) is 15.8. The molecule has 2 aromatic rings. The Labute approximate surface area is 153 Å². The van der Waals surface area contributed by atoms with Crippen LogP contribution < -0.4 is 0 Å². The number of hydrogen-bond acceptors (Lipinski definition) is 1. The van der Waals surface area contributed by atoms with Gasteiger partial charge < -0.3 is 4.74 Å². The first-order valence-electron chi connectivity index (χ1n) is 9.16. The maximum atomic E-state index is 5.88. The van der Waals surface area contributed by atoms with Crippen LogP contribution in [-0.2, 0) is 11.2 Å². The van der Waals surface area contributed by atoms with Gasteiger partial charge in [0.25, 0.3) is 0 Å². The minimum Gasteiger partial charge on any atom is -0.494 e. The van der Waals surface area contributed by atoms with Crippen LogP contribution in [0.3, 0.4) is 0 Å². The molecule has 0 spiro atoms. The van der Waals surface area contributed by atoms with Crippen molar-refractivity contribution in [1.29, 1.82) is 0 Å². The fourth-order valence-corrected chi connectivity index (χ4v) is 2.76. The lowest BCUT2D eigenvalue weighted by Crippen LogP contribution is -2.04. The second-order valence-corrected chi connectivity index (χ2v) is 6.87. The number of allylic oxidation sites excluding steroid dienone is 1. The van der Waals surface area contributed by atoms with E-state index in [9.17, 15) is 0 Å². The summed E-state index contributed by atoms with van der Waals surface area (Å²) in [4.78, 5) is 0. The van der Waals surface area contributed by atoms with Crippen LogP contribution in [0.15, 0.2) is 72.5 Å². The zero-order chi connectivity index (χ0) is 18.1. The van der Waals surface area contributed by atoms with Gasteiger partial charge in [0.15, 0.2) is 0 Å². The molecular weight excluding hydrogens is 304 g/mol. The molecule has 132 valence electrons. The maximum absolute atomic E-state index is 5.88. The van der Waals surface area contributed by atoms with Crippen molar-refractivity contribution >= 4 is 6.08 Å². The lowest BCUT2D eigenvalue weighted by atomic mass is 9.99. The largest absolute Gasteiger partial charge is 0.494 e. The summed E-state index contributed by atoms with van der Waals surface area (Å²) in [6.45, 7) is 11.3. The summed E-state index contributed by atoms with van der Waals surface area (Å²) in [5, 5.41) is 0. The molecule has 0 saturated carbocycles. The predicted octanol–water partition coefficient (Wildman–Crippen LogP) is 6.59. The molecule has 1 unspecified atom stereocenters. The van der Waals surface area contributed by atoms with Crippen LogP contribution in [-0.4, -0.2) is 6.61 Å². The van der Waals surface area contributed by atoms with Crippen LogP contribution in [0, 0.1) is 12.8 Å². The molecule has 1 heteroatoms. The standard InChI is InChI=1S/C24H30O/c1-19(14-15-23-11-6-5-7-12-23)16-17-25-22(4)21(3)18-24-13-9-8-10-20(24)2/h5-13,18-19H,4,14-17H2,1-3H3/b21-18+. The molecule has 1 nitrogen and oxygen atoms in total. The topological polar surface area (TPSA) is 9.23 Å². The van der Waals surface area contributed by atoms with Crippen molar-refractivity contribution in [3.8, 4) is 0 Å². The van der Waals surface area contributed by atoms with Crippen molar-refractivity contribution in [2.75, 3.05) is 6.61 Å². The van der Waals surface area contributed by atoms with Gasteiger partial charge in [-0.3, -0.25) is 0 Å². The molecule has 2 rings (SSSR count). The average molecular weight is 335 g/mol. The van der Waals surface area contributed by atoms with Crippen molar-refractivity contribution < 1.29 is 4.74 Å². The number of hydrogen-bond donors (Lipinski definition) is 0. The first kappa shape index (κ1) is 19.1. The molecule has 0 aliphatic heterocycles. The van der Waals surface area contributed by atoms with E-state index in [1.54, 1.807) is 0 Å².